The number of ether oxygens (including phenoxy) is 2. The third-order valence-electron chi connectivity index (χ3n) is 5.17. The molecule has 0 aliphatic rings. The van der Waals surface area contributed by atoms with E-state index < -0.39 is 51.3 Å². The summed E-state index contributed by atoms with van der Waals surface area (Å²) < 4.78 is 78.8. The van der Waals surface area contributed by atoms with Gasteiger partial charge in [-0.15, -0.1) is 0 Å². The molecule has 3 aromatic heterocycles. The van der Waals surface area contributed by atoms with Crippen LogP contribution in [-0.2, 0) is 32.0 Å². The number of pyridine rings is 2. The zero-order chi connectivity index (χ0) is 29.3. The first-order valence-electron chi connectivity index (χ1n) is 11.6. The number of anilines is 1. The first-order chi connectivity index (χ1) is 18.0. The van der Waals surface area contributed by atoms with E-state index in [1.54, 1.807) is 26.8 Å². The molecule has 0 N–H and O–H groups in total. The Morgan fingerprint density at radius 2 is 1.82 bits per heavy atom. The van der Waals surface area contributed by atoms with Crippen LogP contribution in [0.4, 0.5) is 23.8 Å². The fraction of sp³-hybridized carbons (Fsp3) is 0.417. The number of rotatable bonds is 7. The molecule has 0 bridgehead atoms. The predicted molar refractivity (Wildman–Crippen MR) is 138 cm³/mol. The van der Waals surface area contributed by atoms with Crippen molar-refractivity contribution in [3.63, 3.8) is 0 Å². The molecule has 0 fully saturated rings. The molecule has 0 atom stereocenters. The molecule has 3 aromatic rings. The Kier molecular flexibility index (Phi) is 8.65. The summed E-state index contributed by atoms with van der Waals surface area (Å²) in [6.45, 7) is 6.83. The summed E-state index contributed by atoms with van der Waals surface area (Å²) >= 11 is 3.28. The molecule has 0 saturated heterocycles. The number of sulfone groups is 1. The van der Waals surface area contributed by atoms with Gasteiger partial charge in [-0.3, -0.25) is 14.3 Å². The van der Waals surface area contributed by atoms with Crippen molar-refractivity contribution < 1.29 is 40.7 Å². The number of hydrogen-bond donors (Lipinski definition) is 0. The summed E-state index contributed by atoms with van der Waals surface area (Å²) in [5.74, 6) is -1.80. The molecule has 3 heterocycles. The monoisotopic (exact) mass is 634 g/mol. The standard InChI is InChI=1S/C24H26BrF3N4O6S/c1-6-37-21(33)16-10-14(24(26,27)28)11-29-17(16)13-32(22(34)38-23(3,4)5)19-20(39(35,36)7-2)31-12-15(25)8-9-18(31)30-19/h8-12H,6-7,13H2,1-5H3. The molecule has 0 aliphatic heterocycles. The fourth-order valence-corrected chi connectivity index (χ4v) is 4.93. The Labute approximate surface area is 231 Å². The van der Waals surface area contributed by atoms with Crippen molar-refractivity contribution in [2.24, 2.45) is 0 Å². The lowest BCUT2D eigenvalue weighted by molar-refractivity contribution is -0.137. The third-order valence-corrected chi connectivity index (χ3v) is 7.36. The quantitative estimate of drug-likeness (QED) is 0.316. The van der Waals surface area contributed by atoms with E-state index in [0.717, 1.165) is 4.90 Å². The molecule has 0 saturated carbocycles. The second-order valence-electron chi connectivity index (χ2n) is 9.22. The van der Waals surface area contributed by atoms with Gasteiger partial charge in [-0.1, -0.05) is 6.92 Å². The summed E-state index contributed by atoms with van der Waals surface area (Å²) in [5.41, 5.74) is -2.92. The number of carbonyl (C=O) groups excluding carboxylic acids is 2. The zero-order valence-corrected chi connectivity index (χ0v) is 24.1. The van der Waals surface area contributed by atoms with Crippen LogP contribution in [0.15, 0.2) is 40.1 Å². The number of aromatic nitrogens is 3. The summed E-state index contributed by atoms with van der Waals surface area (Å²) in [5, 5.41) is -0.350. The van der Waals surface area contributed by atoms with Crippen molar-refractivity contribution in [2.75, 3.05) is 17.3 Å². The lowest BCUT2D eigenvalue weighted by Gasteiger charge is -2.27. The van der Waals surface area contributed by atoms with Gasteiger partial charge in [0.25, 0.3) is 0 Å². The lowest BCUT2D eigenvalue weighted by Crippen LogP contribution is -2.38. The van der Waals surface area contributed by atoms with E-state index in [0.29, 0.717) is 16.7 Å². The molecule has 3 rings (SSSR count). The van der Waals surface area contributed by atoms with Gasteiger partial charge in [0.05, 0.1) is 35.7 Å². The van der Waals surface area contributed by atoms with Gasteiger partial charge in [0.2, 0.25) is 0 Å². The number of fused-ring (bicyclic) bond motifs is 1. The van der Waals surface area contributed by atoms with Gasteiger partial charge < -0.3 is 9.47 Å². The van der Waals surface area contributed by atoms with E-state index in [4.69, 9.17) is 9.47 Å². The van der Waals surface area contributed by atoms with Crippen LogP contribution >= 0.6 is 15.9 Å². The van der Waals surface area contributed by atoms with E-state index in [-0.39, 0.29) is 34.5 Å². The van der Waals surface area contributed by atoms with Gasteiger partial charge >= 0.3 is 18.2 Å². The average molecular weight is 635 g/mol. The molecule has 10 nitrogen and oxygen atoms in total. The number of imidazole rings is 1. The average Bonchev–Trinajstić information content (AvgIpc) is 3.19. The van der Waals surface area contributed by atoms with Crippen molar-refractivity contribution >= 4 is 49.3 Å². The summed E-state index contributed by atoms with van der Waals surface area (Å²) in [6.07, 6.45) is -3.92. The Hall–Kier alpha value is -3.20. The van der Waals surface area contributed by atoms with Crippen molar-refractivity contribution in [3.8, 4) is 0 Å². The van der Waals surface area contributed by atoms with Crippen molar-refractivity contribution in [2.45, 2.75) is 58.0 Å². The smallest absolute Gasteiger partial charge is 0.417 e. The van der Waals surface area contributed by atoms with Gasteiger partial charge in [0.1, 0.15) is 11.2 Å². The van der Waals surface area contributed by atoms with Gasteiger partial charge in [0.15, 0.2) is 20.7 Å². The number of nitrogens with zero attached hydrogens (tertiary/aromatic N) is 4. The fourth-order valence-electron chi connectivity index (χ4n) is 3.44. The van der Waals surface area contributed by atoms with Crippen LogP contribution in [0.3, 0.4) is 0 Å². The van der Waals surface area contributed by atoms with Crippen LogP contribution in [0.1, 0.15) is 56.2 Å². The highest BCUT2D eigenvalue weighted by atomic mass is 79.9. The lowest BCUT2D eigenvalue weighted by atomic mass is 10.1. The first-order valence-corrected chi connectivity index (χ1v) is 14.1. The second kappa shape index (κ2) is 11.1. The molecule has 1 amide bonds. The molecule has 0 spiro atoms. The minimum Gasteiger partial charge on any atom is -0.462 e. The van der Waals surface area contributed by atoms with Crippen LogP contribution in [0.25, 0.3) is 5.65 Å². The number of halogens is 4. The highest BCUT2D eigenvalue weighted by Gasteiger charge is 2.36. The Bertz CT molecular complexity index is 1520. The van der Waals surface area contributed by atoms with Crippen molar-refractivity contribution in [1.29, 1.82) is 0 Å². The SMILES string of the molecule is CCOC(=O)c1cc(C(F)(F)F)cnc1CN(C(=O)OC(C)(C)C)c1nc2ccc(Br)cn2c1S(=O)(=O)CC. The second-order valence-corrected chi connectivity index (χ2v) is 12.3. The minimum atomic E-state index is -4.81. The van der Waals surface area contributed by atoms with Crippen LogP contribution in [0, 0.1) is 0 Å². The highest BCUT2D eigenvalue weighted by molar-refractivity contribution is 9.10. The predicted octanol–water partition coefficient (Wildman–Crippen LogP) is 5.42. The maximum Gasteiger partial charge on any atom is 0.417 e. The summed E-state index contributed by atoms with van der Waals surface area (Å²) in [4.78, 5) is 35.0. The minimum absolute atomic E-state index is 0.134. The number of amides is 1. The number of hydrogen-bond acceptors (Lipinski definition) is 8. The van der Waals surface area contributed by atoms with E-state index in [1.807, 2.05) is 0 Å². The molecule has 0 radical (unpaired) electrons. The van der Waals surface area contributed by atoms with Crippen molar-refractivity contribution in [1.82, 2.24) is 14.4 Å². The summed E-state index contributed by atoms with van der Waals surface area (Å²) in [6, 6.07) is 3.69. The van der Waals surface area contributed by atoms with E-state index in [1.165, 1.54) is 30.5 Å². The molecule has 15 heteroatoms. The molecular formula is C24H26BrF3N4O6S. The topological polar surface area (TPSA) is 120 Å². The van der Waals surface area contributed by atoms with Crippen LogP contribution in [0.2, 0.25) is 0 Å². The van der Waals surface area contributed by atoms with E-state index >= 15 is 0 Å². The van der Waals surface area contributed by atoms with Crippen LogP contribution < -0.4 is 4.90 Å². The van der Waals surface area contributed by atoms with Crippen LogP contribution in [-0.4, -0.2) is 52.8 Å². The van der Waals surface area contributed by atoms with Crippen LogP contribution in [0.5, 0.6) is 0 Å². The van der Waals surface area contributed by atoms with Gasteiger partial charge in [0, 0.05) is 16.9 Å². The maximum absolute atomic E-state index is 13.4. The van der Waals surface area contributed by atoms with Gasteiger partial charge in [-0.2, -0.15) is 13.2 Å². The maximum atomic E-state index is 13.4. The largest absolute Gasteiger partial charge is 0.462 e. The molecule has 0 unspecified atom stereocenters. The van der Waals surface area contributed by atoms with Gasteiger partial charge in [-0.25, -0.2) is 23.0 Å². The highest BCUT2D eigenvalue weighted by Crippen LogP contribution is 2.33. The Balaban J connectivity index is 2.30. The van der Waals surface area contributed by atoms with E-state index in [2.05, 4.69) is 25.9 Å². The summed E-state index contributed by atoms with van der Waals surface area (Å²) in [7, 11) is -4.04. The molecule has 0 aromatic carbocycles. The van der Waals surface area contributed by atoms with E-state index in [9.17, 15) is 31.2 Å². The first kappa shape index (κ1) is 30.3. The zero-order valence-electron chi connectivity index (χ0n) is 21.7. The molecule has 39 heavy (non-hydrogen) atoms. The Morgan fingerprint density at radius 3 is 2.38 bits per heavy atom. The Morgan fingerprint density at radius 1 is 1.15 bits per heavy atom. The number of carbonyl (C=O) groups is 2. The van der Waals surface area contributed by atoms with Gasteiger partial charge in [-0.05, 0) is 61.8 Å². The molecule has 212 valence electrons. The number of alkyl halides is 3. The molecular weight excluding hydrogens is 609 g/mol. The molecule has 0 aliphatic carbocycles. The third kappa shape index (κ3) is 6.87. The number of esters is 1. The normalized spacial score (nSPS) is 12.4. The van der Waals surface area contributed by atoms with Crippen molar-refractivity contribution in [3.05, 3.63) is 51.9 Å².